The molecule has 250 valence electrons. The number of methoxy groups -OCH3 is 2. The normalized spacial score (nSPS) is 12.0. The van der Waals surface area contributed by atoms with E-state index in [1.165, 1.54) is 37.2 Å². The summed E-state index contributed by atoms with van der Waals surface area (Å²) in [7, 11) is 6.00. The van der Waals surface area contributed by atoms with Gasteiger partial charge in [0.2, 0.25) is 0 Å². The number of rotatable bonds is 25. The van der Waals surface area contributed by atoms with Gasteiger partial charge in [-0.25, -0.2) is 0 Å². The van der Waals surface area contributed by atoms with Crippen molar-refractivity contribution >= 4 is 30.1 Å². The van der Waals surface area contributed by atoms with Gasteiger partial charge in [0.25, 0.3) is 8.53 Å². The minimum atomic E-state index is -1.35. The van der Waals surface area contributed by atoms with Gasteiger partial charge in [0.15, 0.2) is 0 Å². The van der Waals surface area contributed by atoms with Crippen molar-refractivity contribution in [2.45, 2.75) is 63.4 Å². The van der Waals surface area contributed by atoms with E-state index in [9.17, 15) is 0 Å². The minimum absolute atomic E-state index is 0.341. The molecule has 0 bridgehead atoms. The van der Waals surface area contributed by atoms with E-state index < -0.39 is 14.1 Å². The molecule has 1 unspecified atom stereocenters. The van der Waals surface area contributed by atoms with E-state index in [1.807, 2.05) is 58.0 Å². The number of hydrogen-bond donors (Lipinski definition) is 1. The summed E-state index contributed by atoms with van der Waals surface area (Å²) in [5.41, 5.74) is 8.23. The Bertz CT molecular complexity index is 1200. The summed E-state index contributed by atoms with van der Waals surface area (Å²) in [5.74, 6) is 4.00. The van der Waals surface area contributed by atoms with E-state index in [-0.39, 0.29) is 0 Å². The van der Waals surface area contributed by atoms with Crippen molar-refractivity contribution in [2.75, 3.05) is 45.5 Å². The van der Waals surface area contributed by atoms with Crippen molar-refractivity contribution in [3.8, 4) is 17.6 Å². The molecule has 10 heteroatoms. The standard InChI is InChI=1S/C36H49N2O5PS2/c1-39-34-21-17-32(18-22-34)36(31-15-8-7-9-16-31,33-19-23-35(40-2)24-20-33)41-26-10-3-5-12-29-45-46-30-13-6-4-11-27-42-44(38)43-28-14-25-37/h7-9,15-24H,3-6,10-14,26-30,38H2,1-2H3. The average Bonchev–Trinajstić information content (AvgIpc) is 3.10. The molecule has 0 aromatic heterocycles. The third-order valence-corrected chi connectivity index (χ3v) is 10.9. The maximum atomic E-state index is 8.52. The lowest BCUT2D eigenvalue weighted by Crippen LogP contribution is -2.33. The van der Waals surface area contributed by atoms with Gasteiger partial charge in [-0.2, -0.15) is 5.26 Å². The molecule has 0 saturated carbocycles. The molecule has 2 N–H and O–H groups in total. The quantitative estimate of drug-likeness (QED) is 0.0405. The number of ether oxygens (including phenoxy) is 3. The van der Waals surface area contributed by atoms with E-state index in [1.54, 1.807) is 14.2 Å². The molecule has 0 heterocycles. The fourth-order valence-electron chi connectivity index (χ4n) is 5.02. The van der Waals surface area contributed by atoms with Gasteiger partial charge in [0, 0.05) is 18.1 Å². The topological polar surface area (TPSA) is 96.0 Å². The Labute approximate surface area is 285 Å². The molecule has 1 atom stereocenters. The van der Waals surface area contributed by atoms with E-state index in [4.69, 9.17) is 34.0 Å². The lowest BCUT2D eigenvalue weighted by Gasteiger charge is -2.36. The molecule has 0 radical (unpaired) electrons. The Kier molecular flexibility index (Phi) is 19.2. The maximum Gasteiger partial charge on any atom is 0.252 e. The van der Waals surface area contributed by atoms with Gasteiger partial charge in [0.05, 0.1) is 39.9 Å². The summed E-state index contributed by atoms with van der Waals surface area (Å²) < 4.78 is 28.6. The molecule has 7 nitrogen and oxygen atoms in total. The average molecular weight is 685 g/mol. The third kappa shape index (κ3) is 13.1. The zero-order valence-electron chi connectivity index (χ0n) is 27.2. The molecule has 0 saturated heterocycles. The number of unbranched alkanes of at least 4 members (excludes halogenated alkanes) is 6. The van der Waals surface area contributed by atoms with Gasteiger partial charge in [-0.05, 0) is 66.6 Å². The maximum absolute atomic E-state index is 8.52. The number of benzene rings is 3. The van der Waals surface area contributed by atoms with Crippen LogP contribution >= 0.6 is 30.1 Å². The molecular weight excluding hydrogens is 636 g/mol. The van der Waals surface area contributed by atoms with Crippen LogP contribution in [-0.4, -0.2) is 45.5 Å². The van der Waals surface area contributed by atoms with E-state index >= 15 is 0 Å². The number of nitrogens with two attached hydrogens (primary N) is 1. The predicted molar refractivity (Wildman–Crippen MR) is 193 cm³/mol. The molecule has 0 amide bonds. The Morgan fingerprint density at radius 2 is 1.11 bits per heavy atom. The van der Waals surface area contributed by atoms with Gasteiger partial charge in [0.1, 0.15) is 17.1 Å². The van der Waals surface area contributed by atoms with Gasteiger partial charge < -0.3 is 23.3 Å². The van der Waals surface area contributed by atoms with Crippen LogP contribution in [0.2, 0.25) is 0 Å². The van der Waals surface area contributed by atoms with Crippen molar-refractivity contribution in [2.24, 2.45) is 5.50 Å². The number of nitriles is 1. The Morgan fingerprint density at radius 1 is 0.630 bits per heavy atom. The van der Waals surface area contributed by atoms with Crippen LogP contribution in [0.1, 0.15) is 74.5 Å². The van der Waals surface area contributed by atoms with Crippen molar-refractivity contribution in [1.82, 2.24) is 0 Å². The molecule has 0 aliphatic rings. The monoisotopic (exact) mass is 684 g/mol. The highest BCUT2D eigenvalue weighted by molar-refractivity contribution is 8.76. The lowest BCUT2D eigenvalue weighted by molar-refractivity contribution is 0.0106. The summed E-state index contributed by atoms with van der Waals surface area (Å²) >= 11 is 0. The molecule has 0 aliphatic carbocycles. The first kappa shape index (κ1) is 38.2. The van der Waals surface area contributed by atoms with Crippen LogP contribution in [0.4, 0.5) is 0 Å². The Hall–Kier alpha value is -2.28. The SMILES string of the molecule is COc1ccc(C(OCCCCCCSSCCCCCCOP(N)OCCC#N)(c2ccccc2)c2ccc(OC)cc2)cc1. The molecule has 0 fully saturated rings. The first-order valence-corrected chi connectivity index (χ1v) is 19.8. The van der Waals surface area contributed by atoms with Crippen molar-refractivity contribution in [3.05, 3.63) is 95.6 Å². The van der Waals surface area contributed by atoms with E-state index in [2.05, 4.69) is 48.5 Å². The second-order valence-electron chi connectivity index (χ2n) is 10.7. The second kappa shape index (κ2) is 23.1. The Morgan fingerprint density at radius 3 is 1.63 bits per heavy atom. The number of nitrogens with zero attached hydrogens (tertiary/aromatic N) is 1. The summed E-state index contributed by atoms with van der Waals surface area (Å²) in [5, 5.41) is 8.52. The molecule has 3 rings (SSSR count). The lowest BCUT2D eigenvalue weighted by atomic mass is 9.80. The van der Waals surface area contributed by atoms with Crippen LogP contribution in [0.3, 0.4) is 0 Å². The first-order valence-electron chi connectivity index (χ1n) is 16.0. The fraction of sp³-hybridized carbons (Fsp3) is 0.472. The smallest absolute Gasteiger partial charge is 0.252 e. The molecule has 0 aliphatic heterocycles. The number of hydrogen-bond acceptors (Lipinski definition) is 9. The zero-order chi connectivity index (χ0) is 32.7. The minimum Gasteiger partial charge on any atom is -0.497 e. The highest BCUT2D eigenvalue weighted by Crippen LogP contribution is 2.42. The zero-order valence-corrected chi connectivity index (χ0v) is 29.8. The summed E-state index contributed by atoms with van der Waals surface area (Å²) in [4.78, 5) is 0. The highest BCUT2D eigenvalue weighted by atomic mass is 33.1. The molecular formula is C36H49N2O5PS2. The van der Waals surface area contributed by atoms with Gasteiger partial charge in [-0.1, -0.05) is 102 Å². The third-order valence-electron chi connectivity index (χ3n) is 7.47. The van der Waals surface area contributed by atoms with Crippen LogP contribution in [-0.2, 0) is 19.4 Å². The summed E-state index contributed by atoms with van der Waals surface area (Å²) in [6, 6.07) is 28.9. The Balaban J connectivity index is 1.38. The van der Waals surface area contributed by atoms with Gasteiger partial charge in [-0.3, -0.25) is 5.50 Å². The predicted octanol–water partition coefficient (Wildman–Crippen LogP) is 9.65. The van der Waals surface area contributed by atoms with Crippen LogP contribution in [0.15, 0.2) is 78.9 Å². The molecule has 3 aromatic carbocycles. The summed E-state index contributed by atoms with van der Waals surface area (Å²) in [6.07, 6.45) is 9.44. The molecule has 3 aromatic rings. The van der Waals surface area contributed by atoms with Crippen molar-refractivity contribution < 1.29 is 23.3 Å². The second-order valence-corrected chi connectivity index (χ2v) is 14.5. The van der Waals surface area contributed by atoms with Gasteiger partial charge in [-0.15, -0.1) is 0 Å². The first-order chi connectivity index (χ1) is 22.6. The van der Waals surface area contributed by atoms with Crippen LogP contribution in [0.5, 0.6) is 11.5 Å². The highest BCUT2D eigenvalue weighted by Gasteiger charge is 2.37. The molecule has 46 heavy (non-hydrogen) atoms. The van der Waals surface area contributed by atoms with Crippen LogP contribution < -0.4 is 15.0 Å². The molecule has 0 spiro atoms. The van der Waals surface area contributed by atoms with Crippen LogP contribution in [0, 0.1) is 11.3 Å². The van der Waals surface area contributed by atoms with Crippen molar-refractivity contribution in [3.63, 3.8) is 0 Å². The van der Waals surface area contributed by atoms with Gasteiger partial charge >= 0.3 is 0 Å². The van der Waals surface area contributed by atoms with E-state index in [0.29, 0.717) is 26.2 Å². The van der Waals surface area contributed by atoms with E-state index in [0.717, 1.165) is 53.9 Å². The fourth-order valence-corrected chi connectivity index (χ4v) is 7.97. The largest absolute Gasteiger partial charge is 0.497 e. The van der Waals surface area contributed by atoms with Crippen LogP contribution in [0.25, 0.3) is 0 Å². The summed E-state index contributed by atoms with van der Waals surface area (Å²) in [6.45, 7) is 1.62. The van der Waals surface area contributed by atoms with Crippen molar-refractivity contribution in [1.29, 1.82) is 5.26 Å².